The molecule has 0 fully saturated rings. The highest BCUT2D eigenvalue weighted by Gasteiger charge is 2.02. The monoisotopic (exact) mass is 238 g/mol. The fraction of sp³-hybridized carbons (Fsp3) is 0.400. The van der Waals surface area contributed by atoms with Crippen molar-refractivity contribution in [3.63, 3.8) is 0 Å². The van der Waals surface area contributed by atoms with Gasteiger partial charge in [0.25, 0.3) is 0 Å². The number of rotatable bonds is 1. The molecule has 0 amide bonds. The summed E-state index contributed by atoms with van der Waals surface area (Å²) < 4.78 is 7.76. The Morgan fingerprint density at radius 1 is 1.78 bits per heavy atom. The van der Waals surface area contributed by atoms with Crippen molar-refractivity contribution in [3.05, 3.63) is 9.90 Å². The van der Waals surface area contributed by atoms with Crippen molar-refractivity contribution in [2.24, 2.45) is 7.05 Å². The molecule has 0 aliphatic heterocycles. The molecule has 1 aromatic heterocycles. The third-order valence-electron chi connectivity index (χ3n) is 1.06. The number of hydrogen-bond donors (Lipinski definition) is 0. The number of nitrogens with zero attached hydrogens (tertiary/aromatic N) is 2. The van der Waals surface area contributed by atoms with Gasteiger partial charge in [0, 0.05) is 7.05 Å². The maximum absolute atomic E-state index is 4.97. The molecule has 0 aliphatic rings. The first kappa shape index (κ1) is 6.85. The Balaban J connectivity index is 3.04. The molecule has 0 spiro atoms. The van der Waals surface area contributed by atoms with Gasteiger partial charge in [0.2, 0.25) is 0 Å². The van der Waals surface area contributed by atoms with Gasteiger partial charge in [0.1, 0.15) is 3.70 Å². The number of ether oxygens (including phenoxy) is 1. The van der Waals surface area contributed by atoms with Gasteiger partial charge in [-0.15, -0.1) is 0 Å². The van der Waals surface area contributed by atoms with Crippen LogP contribution in [0.4, 0.5) is 0 Å². The van der Waals surface area contributed by atoms with Crippen LogP contribution in [0.1, 0.15) is 0 Å². The van der Waals surface area contributed by atoms with Crippen LogP contribution in [0.25, 0.3) is 0 Å². The zero-order chi connectivity index (χ0) is 6.85. The molecule has 0 aliphatic carbocycles. The summed E-state index contributed by atoms with van der Waals surface area (Å²) in [5.74, 6) is 0.832. The third-order valence-corrected chi connectivity index (χ3v) is 2.29. The second kappa shape index (κ2) is 2.55. The van der Waals surface area contributed by atoms with E-state index in [0.29, 0.717) is 0 Å². The van der Waals surface area contributed by atoms with Crippen LogP contribution >= 0.6 is 22.6 Å². The molecule has 0 atom stereocenters. The molecule has 3 nitrogen and oxygen atoms in total. The summed E-state index contributed by atoms with van der Waals surface area (Å²) in [6.45, 7) is 0. The number of halogens is 1. The Morgan fingerprint density at radius 3 is 2.67 bits per heavy atom. The lowest BCUT2D eigenvalue weighted by Crippen LogP contribution is -1.92. The summed E-state index contributed by atoms with van der Waals surface area (Å²) in [5, 5.41) is 3.97. The fourth-order valence-electron chi connectivity index (χ4n) is 0.539. The van der Waals surface area contributed by atoms with Gasteiger partial charge in [0.15, 0.2) is 5.75 Å². The van der Waals surface area contributed by atoms with Gasteiger partial charge in [-0.3, -0.25) is 4.68 Å². The summed E-state index contributed by atoms with van der Waals surface area (Å²) in [5.41, 5.74) is 0. The normalized spacial score (nSPS) is 9.67. The molecule has 0 saturated carbocycles. The van der Waals surface area contributed by atoms with E-state index < -0.39 is 0 Å². The second-order valence-corrected chi connectivity index (χ2v) is 2.65. The predicted octanol–water partition coefficient (Wildman–Crippen LogP) is 1.03. The van der Waals surface area contributed by atoms with Crippen molar-refractivity contribution in [2.75, 3.05) is 7.11 Å². The maximum Gasteiger partial charge on any atom is 0.170 e. The largest absolute Gasteiger partial charge is 0.492 e. The zero-order valence-electron chi connectivity index (χ0n) is 5.26. The standard InChI is InChI=1S/C5H7IN2O/c1-8-5(6)4(9-2)3-7-8/h3H,1-2H3. The minimum absolute atomic E-state index is 0.832. The van der Waals surface area contributed by atoms with E-state index in [-0.39, 0.29) is 0 Å². The second-order valence-electron chi connectivity index (χ2n) is 1.63. The minimum Gasteiger partial charge on any atom is -0.492 e. The maximum atomic E-state index is 4.97. The van der Waals surface area contributed by atoms with Gasteiger partial charge in [-0.25, -0.2) is 0 Å². The van der Waals surface area contributed by atoms with Crippen LogP contribution in [-0.2, 0) is 7.05 Å². The Morgan fingerprint density at radius 2 is 2.44 bits per heavy atom. The highest BCUT2D eigenvalue weighted by Crippen LogP contribution is 2.17. The zero-order valence-corrected chi connectivity index (χ0v) is 7.42. The first-order valence-corrected chi connectivity index (χ1v) is 3.55. The predicted molar refractivity (Wildman–Crippen MR) is 42.5 cm³/mol. The molecule has 0 radical (unpaired) electrons. The van der Waals surface area contributed by atoms with E-state index in [9.17, 15) is 0 Å². The van der Waals surface area contributed by atoms with Crippen LogP contribution in [0.5, 0.6) is 5.75 Å². The average Bonchev–Trinajstić information content (AvgIpc) is 2.15. The van der Waals surface area contributed by atoms with Crippen LogP contribution in [0.2, 0.25) is 0 Å². The van der Waals surface area contributed by atoms with Crippen molar-refractivity contribution in [3.8, 4) is 5.75 Å². The van der Waals surface area contributed by atoms with Gasteiger partial charge in [0.05, 0.1) is 13.3 Å². The molecular formula is C5H7IN2O. The molecule has 4 heteroatoms. The summed E-state index contributed by atoms with van der Waals surface area (Å²) >= 11 is 2.18. The lowest BCUT2D eigenvalue weighted by atomic mass is 10.7. The van der Waals surface area contributed by atoms with Gasteiger partial charge in [-0.2, -0.15) is 5.10 Å². The molecule has 0 bridgehead atoms. The van der Waals surface area contributed by atoms with E-state index in [0.717, 1.165) is 9.45 Å². The Bertz CT molecular complexity index is 209. The molecule has 1 aromatic rings. The van der Waals surface area contributed by atoms with Crippen LogP contribution in [-0.4, -0.2) is 16.9 Å². The van der Waals surface area contributed by atoms with Crippen LogP contribution in [0, 0.1) is 3.70 Å². The van der Waals surface area contributed by atoms with E-state index in [2.05, 4.69) is 27.7 Å². The van der Waals surface area contributed by atoms with E-state index >= 15 is 0 Å². The number of aromatic nitrogens is 2. The smallest absolute Gasteiger partial charge is 0.170 e. The number of hydrogen-bond acceptors (Lipinski definition) is 2. The van der Waals surface area contributed by atoms with Crippen molar-refractivity contribution in [1.82, 2.24) is 9.78 Å². The number of aryl methyl sites for hydroxylation is 1. The highest BCUT2D eigenvalue weighted by molar-refractivity contribution is 14.1. The van der Waals surface area contributed by atoms with Crippen molar-refractivity contribution < 1.29 is 4.74 Å². The molecule has 9 heavy (non-hydrogen) atoms. The molecule has 0 N–H and O–H groups in total. The fourth-order valence-corrected chi connectivity index (χ4v) is 1.02. The summed E-state index contributed by atoms with van der Waals surface area (Å²) in [6.07, 6.45) is 1.70. The molecule has 1 rings (SSSR count). The Labute approximate surface area is 67.1 Å². The summed E-state index contributed by atoms with van der Waals surface area (Å²) in [7, 11) is 3.52. The minimum atomic E-state index is 0.832. The Kier molecular flexibility index (Phi) is 1.94. The molecule has 0 saturated heterocycles. The summed E-state index contributed by atoms with van der Waals surface area (Å²) in [6, 6.07) is 0. The SMILES string of the molecule is COc1cnn(C)c1I. The molecular weight excluding hydrogens is 231 g/mol. The molecule has 0 aromatic carbocycles. The van der Waals surface area contributed by atoms with Crippen molar-refractivity contribution >= 4 is 22.6 Å². The molecule has 1 heterocycles. The van der Waals surface area contributed by atoms with Crippen LogP contribution in [0.3, 0.4) is 0 Å². The van der Waals surface area contributed by atoms with Crippen molar-refractivity contribution in [1.29, 1.82) is 0 Å². The Hall–Kier alpha value is -0.260. The molecule has 50 valence electrons. The highest BCUT2D eigenvalue weighted by atomic mass is 127. The van der Waals surface area contributed by atoms with Crippen LogP contribution < -0.4 is 4.74 Å². The summed E-state index contributed by atoms with van der Waals surface area (Å²) in [4.78, 5) is 0. The van der Waals surface area contributed by atoms with E-state index in [1.54, 1.807) is 18.0 Å². The lowest BCUT2D eigenvalue weighted by Gasteiger charge is -1.93. The van der Waals surface area contributed by atoms with E-state index in [1.807, 2.05) is 7.05 Å². The van der Waals surface area contributed by atoms with Crippen LogP contribution in [0.15, 0.2) is 6.20 Å². The topological polar surface area (TPSA) is 27.1 Å². The van der Waals surface area contributed by atoms with E-state index in [1.165, 1.54) is 0 Å². The first-order valence-electron chi connectivity index (χ1n) is 2.47. The van der Waals surface area contributed by atoms with Gasteiger partial charge in [-0.1, -0.05) is 0 Å². The van der Waals surface area contributed by atoms with Gasteiger partial charge < -0.3 is 4.74 Å². The first-order chi connectivity index (χ1) is 4.25. The third kappa shape index (κ3) is 1.17. The molecule has 0 unspecified atom stereocenters. The average molecular weight is 238 g/mol. The quantitative estimate of drug-likeness (QED) is 0.683. The van der Waals surface area contributed by atoms with Gasteiger partial charge >= 0.3 is 0 Å². The van der Waals surface area contributed by atoms with E-state index in [4.69, 9.17) is 4.74 Å². The van der Waals surface area contributed by atoms with Crippen molar-refractivity contribution in [2.45, 2.75) is 0 Å². The lowest BCUT2D eigenvalue weighted by molar-refractivity contribution is 0.411. The van der Waals surface area contributed by atoms with Gasteiger partial charge in [-0.05, 0) is 22.6 Å². The number of methoxy groups -OCH3 is 1.